The summed E-state index contributed by atoms with van der Waals surface area (Å²) in [4.78, 5) is 28.3. The van der Waals surface area contributed by atoms with Crippen LogP contribution in [-0.4, -0.2) is 50.0 Å². The first-order valence-electron chi connectivity index (χ1n) is 8.78. The number of nitrogens with zero attached hydrogens (tertiary/aromatic N) is 2. The first kappa shape index (κ1) is 18.7. The number of methoxy groups -OCH3 is 1. The van der Waals surface area contributed by atoms with Gasteiger partial charge < -0.3 is 19.9 Å². The quantitative estimate of drug-likeness (QED) is 0.821. The molecule has 0 atom stereocenters. The Morgan fingerprint density at radius 1 is 1.04 bits per heavy atom. The number of carbonyl (C=O) groups excluding carboxylic acids is 2. The van der Waals surface area contributed by atoms with Crippen molar-refractivity contribution in [1.82, 2.24) is 4.90 Å². The number of benzene rings is 2. The third-order valence-corrected chi connectivity index (χ3v) is 4.50. The van der Waals surface area contributed by atoms with Gasteiger partial charge in [0.1, 0.15) is 18.0 Å². The standard InChI is InChI=1S/C20H22FN3O3/c1-27-18-5-3-2-4-17(18)23-10-12-24(13-11-23)20(26)14-19(25)22-16-8-6-15(21)7-9-16/h2-9H,10-14H2,1H3,(H,22,25). The molecule has 1 aliphatic heterocycles. The van der Waals surface area contributed by atoms with Gasteiger partial charge >= 0.3 is 0 Å². The van der Waals surface area contributed by atoms with Crippen molar-refractivity contribution in [2.75, 3.05) is 43.5 Å². The molecule has 3 rings (SSSR count). The number of rotatable bonds is 5. The van der Waals surface area contributed by atoms with Gasteiger partial charge in [-0.15, -0.1) is 0 Å². The molecule has 1 N–H and O–H groups in total. The summed E-state index contributed by atoms with van der Waals surface area (Å²) < 4.78 is 18.3. The predicted octanol–water partition coefficient (Wildman–Crippen LogP) is 2.51. The smallest absolute Gasteiger partial charge is 0.233 e. The summed E-state index contributed by atoms with van der Waals surface area (Å²) in [5.41, 5.74) is 1.47. The second kappa shape index (κ2) is 8.53. The molecule has 7 heteroatoms. The fourth-order valence-electron chi connectivity index (χ4n) is 3.08. The summed E-state index contributed by atoms with van der Waals surface area (Å²) in [7, 11) is 1.64. The van der Waals surface area contributed by atoms with Gasteiger partial charge in [0, 0.05) is 31.9 Å². The van der Waals surface area contributed by atoms with Crippen LogP contribution < -0.4 is 15.0 Å². The fraction of sp³-hybridized carbons (Fsp3) is 0.300. The van der Waals surface area contributed by atoms with E-state index in [0.29, 0.717) is 31.9 Å². The normalized spacial score (nSPS) is 14.0. The Morgan fingerprint density at radius 2 is 1.70 bits per heavy atom. The van der Waals surface area contributed by atoms with Crippen molar-refractivity contribution < 1.29 is 18.7 Å². The van der Waals surface area contributed by atoms with Crippen LogP contribution in [-0.2, 0) is 9.59 Å². The van der Waals surface area contributed by atoms with E-state index in [1.807, 2.05) is 24.3 Å². The highest BCUT2D eigenvalue weighted by molar-refractivity contribution is 6.03. The number of anilines is 2. The van der Waals surface area contributed by atoms with Gasteiger partial charge in [0.05, 0.1) is 12.8 Å². The lowest BCUT2D eigenvalue weighted by Gasteiger charge is -2.36. The molecule has 0 aliphatic carbocycles. The summed E-state index contributed by atoms with van der Waals surface area (Å²) in [5.74, 6) is -0.194. The lowest BCUT2D eigenvalue weighted by Crippen LogP contribution is -2.49. The molecule has 2 aromatic rings. The molecule has 27 heavy (non-hydrogen) atoms. The minimum atomic E-state index is -0.404. The van der Waals surface area contributed by atoms with Crippen LogP contribution in [0.25, 0.3) is 0 Å². The van der Waals surface area contributed by atoms with Gasteiger partial charge in [-0.3, -0.25) is 9.59 Å². The van der Waals surface area contributed by atoms with Gasteiger partial charge in [0.25, 0.3) is 0 Å². The van der Waals surface area contributed by atoms with Crippen LogP contribution in [0.3, 0.4) is 0 Å². The van der Waals surface area contributed by atoms with Gasteiger partial charge in [-0.2, -0.15) is 0 Å². The lowest BCUT2D eigenvalue weighted by molar-refractivity contribution is -0.134. The lowest BCUT2D eigenvalue weighted by atomic mass is 10.2. The second-order valence-electron chi connectivity index (χ2n) is 6.27. The highest BCUT2D eigenvalue weighted by Crippen LogP contribution is 2.28. The maximum Gasteiger partial charge on any atom is 0.233 e. The molecular formula is C20H22FN3O3. The Bertz CT molecular complexity index is 802. The zero-order valence-corrected chi connectivity index (χ0v) is 15.2. The Labute approximate surface area is 157 Å². The molecular weight excluding hydrogens is 349 g/mol. The predicted molar refractivity (Wildman–Crippen MR) is 101 cm³/mol. The molecule has 6 nitrogen and oxygen atoms in total. The van der Waals surface area contributed by atoms with Crippen LogP contribution in [0.4, 0.5) is 15.8 Å². The molecule has 0 radical (unpaired) electrons. The summed E-state index contributed by atoms with van der Waals surface area (Å²) in [5, 5.41) is 2.61. The van der Waals surface area contributed by atoms with Crippen LogP contribution in [0.15, 0.2) is 48.5 Å². The number of hydrogen-bond donors (Lipinski definition) is 1. The summed E-state index contributed by atoms with van der Waals surface area (Å²) in [6.45, 7) is 2.43. The molecule has 0 aromatic heterocycles. The molecule has 0 bridgehead atoms. The summed E-state index contributed by atoms with van der Waals surface area (Å²) in [6, 6.07) is 13.2. The van der Waals surface area contributed by atoms with E-state index >= 15 is 0 Å². The Balaban J connectivity index is 1.51. The highest BCUT2D eigenvalue weighted by atomic mass is 19.1. The van der Waals surface area contributed by atoms with E-state index in [4.69, 9.17) is 4.74 Å². The van der Waals surface area contributed by atoms with E-state index in [9.17, 15) is 14.0 Å². The van der Waals surface area contributed by atoms with Crippen molar-refractivity contribution in [3.05, 3.63) is 54.3 Å². The molecule has 2 amide bonds. The van der Waals surface area contributed by atoms with Crippen molar-refractivity contribution in [3.63, 3.8) is 0 Å². The molecule has 142 valence electrons. The zero-order valence-electron chi connectivity index (χ0n) is 15.2. The number of para-hydroxylation sites is 2. The van der Waals surface area contributed by atoms with Crippen molar-refractivity contribution in [2.24, 2.45) is 0 Å². The topological polar surface area (TPSA) is 61.9 Å². The van der Waals surface area contributed by atoms with Crippen LogP contribution in [0.2, 0.25) is 0 Å². The SMILES string of the molecule is COc1ccccc1N1CCN(C(=O)CC(=O)Nc2ccc(F)cc2)CC1. The van der Waals surface area contributed by atoms with E-state index < -0.39 is 5.91 Å². The van der Waals surface area contributed by atoms with E-state index in [0.717, 1.165) is 11.4 Å². The van der Waals surface area contributed by atoms with Gasteiger partial charge in [0.15, 0.2) is 0 Å². The van der Waals surface area contributed by atoms with Crippen LogP contribution in [0.5, 0.6) is 5.75 Å². The molecule has 1 heterocycles. The fourth-order valence-corrected chi connectivity index (χ4v) is 3.08. The molecule has 1 saturated heterocycles. The van der Waals surface area contributed by atoms with Crippen molar-refractivity contribution in [3.8, 4) is 5.75 Å². The molecule has 1 aliphatic rings. The first-order chi connectivity index (χ1) is 13.1. The number of piperazine rings is 1. The van der Waals surface area contributed by atoms with Crippen molar-refractivity contribution in [1.29, 1.82) is 0 Å². The Kier molecular flexibility index (Phi) is 5.90. The number of amides is 2. The second-order valence-corrected chi connectivity index (χ2v) is 6.27. The van der Waals surface area contributed by atoms with Crippen molar-refractivity contribution >= 4 is 23.2 Å². The average molecular weight is 371 g/mol. The summed E-state index contributed by atoms with van der Waals surface area (Å²) >= 11 is 0. The molecule has 0 spiro atoms. The molecule has 0 saturated carbocycles. The first-order valence-corrected chi connectivity index (χ1v) is 8.78. The van der Waals surface area contributed by atoms with E-state index in [2.05, 4.69) is 10.2 Å². The zero-order chi connectivity index (χ0) is 19.2. The minimum absolute atomic E-state index is 0.214. The minimum Gasteiger partial charge on any atom is -0.495 e. The van der Waals surface area contributed by atoms with Gasteiger partial charge in [0.2, 0.25) is 11.8 Å². The van der Waals surface area contributed by atoms with Crippen LogP contribution in [0.1, 0.15) is 6.42 Å². The highest BCUT2D eigenvalue weighted by Gasteiger charge is 2.24. The number of hydrogen-bond acceptors (Lipinski definition) is 4. The number of ether oxygens (including phenoxy) is 1. The maximum atomic E-state index is 12.9. The number of halogens is 1. The third-order valence-electron chi connectivity index (χ3n) is 4.50. The van der Waals surface area contributed by atoms with E-state index in [1.165, 1.54) is 24.3 Å². The summed E-state index contributed by atoms with van der Waals surface area (Å²) in [6.07, 6.45) is -0.230. The van der Waals surface area contributed by atoms with E-state index in [-0.39, 0.29) is 18.1 Å². The largest absolute Gasteiger partial charge is 0.495 e. The molecule has 0 unspecified atom stereocenters. The monoisotopic (exact) mass is 371 g/mol. The Morgan fingerprint density at radius 3 is 2.37 bits per heavy atom. The molecule has 2 aromatic carbocycles. The molecule has 1 fully saturated rings. The van der Waals surface area contributed by atoms with Crippen LogP contribution >= 0.6 is 0 Å². The number of carbonyl (C=O) groups is 2. The van der Waals surface area contributed by atoms with Gasteiger partial charge in [-0.05, 0) is 36.4 Å². The van der Waals surface area contributed by atoms with Gasteiger partial charge in [-0.25, -0.2) is 4.39 Å². The van der Waals surface area contributed by atoms with Crippen molar-refractivity contribution in [2.45, 2.75) is 6.42 Å². The van der Waals surface area contributed by atoms with E-state index in [1.54, 1.807) is 12.0 Å². The number of nitrogens with one attached hydrogen (secondary N) is 1. The van der Waals surface area contributed by atoms with Gasteiger partial charge in [-0.1, -0.05) is 12.1 Å². The van der Waals surface area contributed by atoms with Crippen LogP contribution in [0, 0.1) is 5.82 Å². The average Bonchev–Trinajstić information content (AvgIpc) is 2.69. The maximum absolute atomic E-state index is 12.9. The Hall–Kier alpha value is -3.09. The third kappa shape index (κ3) is 4.75.